The summed E-state index contributed by atoms with van der Waals surface area (Å²) < 4.78 is 4.72. The molecular formula is C14H16O3. The van der Waals surface area contributed by atoms with Crippen LogP contribution in [0.1, 0.15) is 41.8 Å². The summed E-state index contributed by atoms with van der Waals surface area (Å²) >= 11 is 0. The third-order valence-electron chi connectivity index (χ3n) is 2.84. The molecule has 90 valence electrons. The summed E-state index contributed by atoms with van der Waals surface area (Å²) in [6.07, 6.45) is 1.79. The van der Waals surface area contributed by atoms with Gasteiger partial charge in [-0.05, 0) is 36.0 Å². The smallest absolute Gasteiger partial charge is 0.346 e. The molecule has 17 heavy (non-hydrogen) atoms. The van der Waals surface area contributed by atoms with Gasteiger partial charge < -0.3 is 4.74 Å². The van der Waals surface area contributed by atoms with Gasteiger partial charge in [-0.15, -0.1) is 0 Å². The zero-order valence-corrected chi connectivity index (χ0v) is 10.2. The number of carbonyl (C=O) groups is 2. The molecule has 1 aromatic rings. The maximum absolute atomic E-state index is 11.7. The zero-order valence-electron chi connectivity index (χ0n) is 10.2. The van der Waals surface area contributed by atoms with Crippen molar-refractivity contribution in [2.45, 2.75) is 33.1 Å². The lowest BCUT2D eigenvalue weighted by Crippen LogP contribution is -2.09. The predicted molar refractivity (Wildman–Crippen MR) is 63.7 cm³/mol. The summed E-state index contributed by atoms with van der Waals surface area (Å²) in [5.74, 6) is -0.402. The summed E-state index contributed by atoms with van der Waals surface area (Å²) in [4.78, 5) is 22.9. The molecule has 0 saturated carbocycles. The number of fused-ring (bicyclic) bond motifs is 1. The van der Waals surface area contributed by atoms with Crippen LogP contribution in [0.3, 0.4) is 0 Å². The number of esters is 2. The topological polar surface area (TPSA) is 43.4 Å². The summed E-state index contributed by atoms with van der Waals surface area (Å²) in [5, 5.41) is 0. The molecule has 0 fully saturated rings. The Morgan fingerprint density at radius 2 is 2.00 bits per heavy atom. The Morgan fingerprint density at radius 3 is 2.71 bits per heavy atom. The van der Waals surface area contributed by atoms with Gasteiger partial charge in [-0.2, -0.15) is 0 Å². The Hall–Kier alpha value is -1.64. The van der Waals surface area contributed by atoms with Crippen molar-refractivity contribution in [2.75, 3.05) is 0 Å². The lowest BCUT2D eigenvalue weighted by atomic mass is 9.96. The van der Waals surface area contributed by atoms with Crippen LogP contribution in [0.25, 0.3) is 0 Å². The predicted octanol–water partition coefficient (Wildman–Crippen LogP) is 2.51. The van der Waals surface area contributed by atoms with E-state index in [1.165, 1.54) is 0 Å². The fraction of sp³-hybridized carbons (Fsp3) is 0.429. The standard InChI is InChI=1S/C14H16O3/c1-9(2)7-10-3-4-11-5-6-13(15)17-14(16)12(11)8-10/h3-4,8-9H,5-7H2,1-2H3. The Balaban J connectivity index is 2.34. The third-order valence-corrected chi connectivity index (χ3v) is 2.84. The first kappa shape index (κ1) is 11.8. The first-order valence-electron chi connectivity index (χ1n) is 5.93. The van der Waals surface area contributed by atoms with Crippen molar-refractivity contribution in [3.63, 3.8) is 0 Å². The van der Waals surface area contributed by atoms with E-state index in [1.54, 1.807) is 0 Å². The molecule has 0 unspecified atom stereocenters. The van der Waals surface area contributed by atoms with E-state index in [1.807, 2.05) is 18.2 Å². The molecule has 1 heterocycles. The average Bonchev–Trinajstić information content (AvgIpc) is 2.38. The van der Waals surface area contributed by atoms with Crippen molar-refractivity contribution in [3.05, 3.63) is 34.9 Å². The Bertz CT molecular complexity index is 461. The van der Waals surface area contributed by atoms with E-state index in [4.69, 9.17) is 4.74 Å². The summed E-state index contributed by atoms with van der Waals surface area (Å²) in [7, 11) is 0. The van der Waals surface area contributed by atoms with Crippen LogP contribution in [0, 0.1) is 5.92 Å². The van der Waals surface area contributed by atoms with E-state index >= 15 is 0 Å². The van der Waals surface area contributed by atoms with Crippen LogP contribution in [0.15, 0.2) is 18.2 Å². The lowest BCUT2D eigenvalue weighted by molar-refractivity contribution is -0.137. The second-order valence-electron chi connectivity index (χ2n) is 4.85. The Morgan fingerprint density at radius 1 is 1.24 bits per heavy atom. The van der Waals surface area contributed by atoms with E-state index < -0.39 is 11.9 Å². The quantitative estimate of drug-likeness (QED) is 0.581. The van der Waals surface area contributed by atoms with Crippen molar-refractivity contribution in [1.29, 1.82) is 0 Å². The summed E-state index contributed by atoms with van der Waals surface area (Å²) in [6.45, 7) is 4.26. The molecule has 0 radical (unpaired) electrons. The molecule has 1 aliphatic rings. The fourth-order valence-corrected chi connectivity index (χ4v) is 2.08. The molecule has 1 aromatic carbocycles. The molecule has 0 aromatic heterocycles. The van der Waals surface area contributed by atoms with E-state index in [0.717, 1.165) is 17.5 Å². The van der Waals surface area contributed by atoms with Gasteiger partial charge in [0.05, 0.1) is 12.0 Å². The zero-order chi connectivity index (χ0) is 12.4. The van der Waals surface area contributed by atoms with E-state index in [9.17, 15) is 9.59 Å². The highest BCUT2D eigenvalue weighted by Gasteiger charge is 2.22. The highest BCUT2D eigenvalue weighted by Crippen LogP contribution is 2.20. The van der Waals surface area contributed by atoms with Crippen LogP contribution in [0.2, 0.25) is 0 Å². The van der Waals surface area contributed by atoms with Crippen LogP contribution >= 0.6 is 0 Å². The van der Waals surface area contributed by atoms with Crippen molar-refractivity contribution >= 4 is 11.9 Å². The first-order valence-corrected chi connectivity index (χ1v) is 5.93. The number of hydrogen-bond acceptors (Lipinski definition) is 3. The van der Waals surface area contributed by atoms with Gasteiger partial charge >= 0.3 is 11.9 Å². The van der Waals surface area contributed by atoms with E-state index in [-0.39, 0.29) is 6.42 Å². The normalized spacial score (nSPS) is 15.5. The van der Waals surface area contributed by atoms with Crippen LogP contribution in [-0.2, 0) is 22.4 Å². The van der Waals surface area contributed by atoms with Gasteiger partial charge in [-0.25, -0.2) is 4.79 Å². The van der Waals surface area contributed by atoms with Gasteiger partial charge in [0, 0.05) is 0 Å². The summed E-state index contributed by atoms with van der Waals surface area (Å²) in [5.41, 5.74) is 2.58. The molecule has 2 rings (SSSR count). The van der Waals surface area contributed by atoms with Gasteiger partial charge in [0.15, 0.2) is 0 Å². The minimum absolute atomic E-state index is 0.280. The maximum atomic E-state index is 11.7. The fourth-order valence-electron chi connectivity index (χ4n) is 2.08. The van der Waals surface area contributed by atoms with Gasteiger partial charge in [0.1, 0.15) is 0 Å². The van der Waals surface area contributed by atoms with Crippen molar-refractivity contribution in [1.82, 2.24) is 0 Å². The third kappa shape index (κ3) is 2.73. The molecule has 0 bridgehead atoms. The number of ether oxygens (including phenoxy) is 1. The molecule has 3 nitrogen and oxygen atoms in total. The highest BCUT2D eigenvalue weighted by atomic mass is 16.6. The van der Waals surface area contributed by atoms with Crippen molar-refractivity contribution in [2.24, 2.45) is 5.92 Å². The summed E-state index contributed by atoms with van der Waals surface area (Å²) in [6, 6.07) is 5.82. The highest BCUT2D eigenvalue weighted by molar-refractivity contribution is 5.99. The number of cyclic esters (lactones) is 2. The monoisotopic (exact) mass is 232 g/mol. The van der Waals surface area contributed by atoms with Crippen molar-refractivity contribution < 1.29 is 14.3 Å². The molecule has 3 heteroatoms. The second-order valence-corrected chi connectivity index (χ2v) is 4.85. The molecule has 1 aliphatic heterocycles. The number of aryl methyl sites for hydroxylation is 1. The van der Waals surface area contributed by atoms with Gasteiger partial charge in [-0.3, -0.25) is 4.79 Å². The minimum Gasteiger partial charge on any atom is -0.389 e. The van der Waals surface area contributed by atoms with Gasteiger partial charge in [0.25, 0.3) is 0 Å². The van der Waals surface area contributed by atoms with Crippen LogP contribution in [0.5, 0.6) is 0 Å². The van der Waals surface area contributed by atoms with Crippen molar-refractivity contribution in [3.8, 4) is 0 Å². The molecule has 0 N–H and O–H groups in total. The van der Waals surface area contributed by atoms with Crippen LogP contribution < -0.4 is 0 Å². The van der Waals surface area contributed by atoms with E-state index in [2.05, 4.69) is 13.8 Å². The van der Waals surface area contributed by atoms with E-state index in [0.29, 0.717) is 17.9 Å². The number of rotatable bonds is 2. The second kappa shape index (κ2) is 4.70. The SMILES string of the molecule is CC(C)Cc1ccc2c(c1)C(=O)OC(=O)CC2. The molecule has 0 spiro atoms. The van der Waals surface area contributed by atoms with Crippen LogP contribution in [-0.4, -0.2) is 11.9 Å². The molecule has 0 saturated heterocycles. The molecular weight excluding hydrogens is 216 g/mol. The van der Waals surface area contributed by atoms with Gasteiger partial charge in [0.2, 0.25) is 0 Å². The molecule has 0 amide bonds. The first-order chi connectivity index (χ1) is 8.06. The van der Waals surface area contributed by atoms with Crippen LogP contribution in [0.4, 0.5) is 0 Å². The largest absolute Gasteiger partial charge is 0.389 e. The molecule has 0 atom stereocenters. The Kier molecular flexibility index (Phi) is 3.27. The number of hydrogen-bond donors (Lipinski definition) is 0. The minimum atomic E-state index is -0.506. The number of benzene rings is 1. The van der Waals surface area contributed by atoms with Gasteiger partial charge in [-0.1, -0.05) is 26.0 Å². The Labute approximate surface area is 101 Å². The molecule has 0 aliphatic carbocycles. The lowest BCUT2D eigenvalue weighted by Gasteiger charge is -2.08. The average molecular weight is 232 g/mol. The maximum Gasteiger partial charge on any atom is 0.346 e. The number of carbonyl (C=O) groups excluding carboxylic acids is 2.